The first kappa shape index (κ1) is 14.7. The van der Waals surface area contributed by atoms with Crippen molar-refractivity contribution in [1.29, 1.82) is 0 Å². The third kappa shape index (κ3) is 4.76. The van der Waals surface area contributed by atoms with E-state index in [4.69, 9.17) is 21.1 Å². The van der Waals surface area contributed by atoms with E-state index in [1.54, 1.807) is 0 Å². The quantitative estimate of drug-likeness (QED) is 0.681. The molecule has 1 rings (SSSR count). The molecule has 0 aliphatic heterocycles. The van der Waals surface area contributed by atoms with Crippen LogP contribution >= 0.6 is 27.5 Å². The number of benzene rings is 1. The molecule has 0 saturated carbocycles. The lowest BCUT2D eigenvalue weighted by atomic mass is 10.3. The van der Waals surface area contributed by atoms with Crippen LogP contribution in [-0.4, -0.2) is 12.7 Å². The Hall–Kier alpha value is -0.410. The summed E-state index contributed by atoms with van der Waals surface area (Å²) in [5.74, 6) is 1.33. The van der Waals surface area contributed by atoms with E-state index in [2.05, 4.69) is 22.9 Å². The number of halogens is 2. The van der Waals surface area contributed by atoms with Crippen molar-refractivity contribution in [3.8, 4) is 11.5 Å². The molecule has 4 heteroatoms. The zero-order valence-electron chi connectivity index (χ0n) is 10.4. The van der Waals surface area contributed by atoms with Crippen LogP contribution < -0.4 is 9.47 Å². The van der Waals surface area contributed by atoms with E-state index in [0.29, 0.717) is 23.1 Å². The van der Waals surface area contributed by atoms with Crippen molar-refractivity contribution in [3.63, 3.8) is 0 Å². The molecule has 1 aromatic carbocycles. The SMILES string of the molecule is CCCCOc1cc(Br)cc(Cl)c1OC(C)C. The maximum absolute atomic E-state index is 6.16. The molecular weight excluding hydrogens is 303 g/mol. The number of ether oxygens (including phenoxy) is 2. The minimum atomic E-state index is 0.0715. The topological polar surface area (TPSA) is 18.5 Å². The van der Waals surface area contributed by atoms with Crippen molar-refractivity contribution >= 4 is 27.5 Å². The highest BCUT2D eigenvalue weighted by Gasteiger charge is 2.13. The lowest BCUT2D eigenvalue weighted by Gasteiger charge is -2.16. The molecule has 2 nitrogen and oxygen atoms in total. The first-order chi connectivity index (χ1) is 8.04. The zero-order valence-corrected chi connectivity index (χ0v) is 12.8. The van der Waals surface area contributed by atoms with E-state index in [0.717, 1.165) is 17.3 Å². The Morgan fingerprint density at radius 1 is 1.35 bits per heavy atom. The fourth-order valence-electron chi connectivity index (χ4n) is 1.32. The van der Waals surface area contributed by atoms with E-state index in [1.165, 1.54) is 0 Å². The van der Waals surface area contributed by atoms with Gasteiger partial charge in [0.1, 0.15) is 0 Å². The molecular formula is C13H18BrClO2. The molecule has 0 spiro atoms. The molecule has 0 amide bonds. The van der Waals surface area contributed by atoms with E-state index in [9.17, 15) is 0 Å². The van der Waals surface area contributed by atoms with E-state index >= 15 is 0 Å². The first-order valence-corrected chi connectivity index (χ1v) is 7.00. The molecule has 0 aliphatic carbocycles. The van der Waals surface area contributed by atoms with Crippen LogP contribution in [0.2, 0.25) is 5.02 Å². The fraction of sp³-hybridized carbons (Fsp3) is 0.538. The molecule has 17 heavy (non-hydrogen) atoms. The van der Waals surface area contributed by atoms with Crippen molar-refractivity contribution in [2.75, 3.05) is 6.61 Å². The van der Waals surface area contributed by atoms with Crippen LogP contribution in [0, 0.1) is 0 Å². The molecule has 0 atom stereocenters. The molecule has 0 unspecified atom stereocenters. The molecule has 0 fully saturated rings. The van der Waals surface area contributed by atoms with Gasteiger partial charge in [0.05, 0.1) is 17.7 Å². The number of unbranched alkanes of at least 4 members (excludes halogenated alkanes) is 1. The predicted molar refractivity (Wildman–Crippen MR) is 75.3 cm³/mol. The summed E-state index contributed by atoms with van der Waals surface area (Å²) in [6.45, 7) is 6.74. The molecule has 96 valence electrons. The van der Waals surface area contributed by atoms with Gasteiger partial charge in [0, 0.05) is 4.47 Å². The van der Waals surface area contributed by atoms with Gasteiger partial charge in [0.15, 0.2) is 11.5 Å². The van der Waals surface area contributed by atoms with Gasteiger partial charge < -0.3 is 9.47 Å². The van der Waals surface area contributed by atoms with Crippen LogP contribution in [0.4, 0.5) is 0 Å². The van der Waals surface area contributed by atoms with Gasteiger partial charge in [-0.1, -0.05) is 40.9 Å². The Labute approximate surface area is 116 Å². The normalized spacial score (nSPS) is 10.7. The second kappa shape index (κ2) is 7.12. The Balaban J connectivity index is 2.90. The van der Waals surface area contributed by atoms with Crippen molar-refractivity contribution in [2.24, 2.45) is 0 Å². The lowest BCUT2D eigenvalue weighted by molar-refractivity contribution is 0.220. The molecule has 1 aromatic rings. The smallest absolute Gasteiger partial charge is 0.180 e. The summed E-state index contributed by atoms with van der Waals surface area (Å²) in [7, 11) is 0. The Morgan fingerprint density at radius 2 is 2.06 bits per heavy atom. The monoisotopic (exact) mass is 320 g/mol. The fourth-order valence-corrected chi connectivity index (χ4v) is 2.14. The molecule has 0 aliphatic rings. The summed E-state index contributed by atoms with van der Waals surface area (Å²) in [5, 5.41) is 0.569. The predicted octanol–water partition coefficient (Wildman–Crippen LogP) is 5.07. The van der Waals surface area contributed by atoms with Crippen molar-refractivity contribution in [2.45, 2.75) is 39.7 Å². The Morgan fingerprint density at radius 3 is 2.65 bits per heavy atom. The summed E-state index contributed by atoms with van der Waals surface area (Å²) in [5.41, 5.74) is 0. The third-order valence-corrected chi connectivity index (χ3v) is 2.82. The zero-order chi connectivity index (χ0) is 12.8. The first-order valence-electron chi connectivity index (χ1n) is 5.83. The average Bonchev–Trinajstić information content (AvgIpc) is 2.23. The molecule has 0 radical (unpaired) electrons. The number of hydrogen-bond donors (Lipinski definition) is 0. The maximum atomic E-state index is 6.16. The Bertz CT molecular complexity index is 367. The van der Waals surface area contributed by atoms with Crippen LogP contribution in [0.25, 0.3) is 0 Å². The largest absolute Gasteiger partial charge is 0.490 e. The van der Waals surface area contributed by atoms with Crippen LogP contribution in [0.15, 0.2) is 16.6 Å². The van der Waals surface area contributed by atoms with Gasteiger partial charge >= 0.3 is 0 Å². The summed E-state index contributed by atoms with van der Waals surface area (Å²) < 4.78 is 12.3. The summed E-state index contributed by atoms with van der Waals surface area (Å²) in [6.07, 6.45) is 2.19. The second-order valence-electron chi connectivity index (χ2n) is 4.08. The molecule has 0 N–H and O–H groups in total. The van der Waals surface area contributed by atoms with Crippen molar-refractivity contribution < 1.29 is 9.47 Å². The van der Waals surface area contributed by atoms with Gasteiger partial charge in [-0.05, 0) is 32.4 Å². The summed E-state index contributed by atoms with van der Waals surface area (Å²) in [6, 6.07) is 3.70. The van der Waals surface area contributed by atoms with Gasteiger partial charge in [0.2, 0.25) is 0 Å². The lowest BCUT2D eigenvalue weighted by Crippen LogP contribution is -2.08. The van der Waals surface area contributed by atoms with Gasteiger partial charge in [-0.3, -0.25) is 0 Å². The van der Waals surface area contributed by atoms with Gasteiger partial charge in [0.25, 0.3) is 0 Å². The van der Waals surface area contributed by atoms with Crippen LogP contribution in [0.5, 0.6) is 11.5 Å². The van der Waals surface area contributed by atoms with Gasteiger partial charge in [-0.15, -0.1) is 0 Å². The highest BCUT2D eigenvalue weighted by atomic mass is 79.9. The summed E-state index contributed by atoms with van der Waals surface area (Å²) in [4.78, 5) is 0. The summed E-state index contributed by atoms with van der Waals surface area (Å²) >= 11 is 9.56. The highest BCUT2D eigenvalue weighted by molar-refractivity contribution is 9.10. The third-order valence-electron chi connectivity index (χ3n) is 2.08. The van der Waals surface area contributed by atoms with Crippen molar-refractivity contribution in [3.05, 3.63) is 21.6 Å². The molecule has 0 heterocycles. The molecule has 0 bridgehead atoms. The average molecular weight is 322 g/mol. The van der Waals surface area contributed by atoms with E-state index in [1.807, 2.05) is 26.0 Å². The van der Waals surface area contributed by atoms with Crippen LogP contribution in [0.3, 0.4) is 0 Å². The van der Waals surface area contributed by atoms with Crippen LogP contribution in [0.1, 0.15) is 33.6 Å². The van der Waals surface area contributed by atoms with E-state index in [-0.39, 0.29) is 6.10 Å². The minimum Gasteiger partial charge on any atom is -0.490 e. The maximum Gasteiger partial charge on any atom is 0.180 e. The molecule has 0 saturated heterocycles. The number of hydrogen-bond acceptors (Lipinski definition) is 2. The Kier molecular flexibility index (Phi) is 6.14. The van der Waals surface area contributed by atoms with Crippen LogP contribution in [-0.2, 0) is 0 Å². The highest BCUT2D eigenvalue weighted by Crippen LogP contribution is 2.38. The number of rotatable bonds is 6. The second-order valence-corrected chi connectivity index (χ2v) is 5.41. The minimum absolute atomic E-state index is 0.0715. The standard InChI is InChI=1S/C13H18BrClO2/c1-4-5-6-16-12-8-10(14)7-11(15)13(12)17-9(2)3/h7-9H,4-6H2,1-3H3. The van der Waals surface area contributed by atoms with Gasteiger partial charge in [-0.25, -0.2) is 0 Å². The van der Waals surface area contributed by atoms with E-state index < -0.39 is 0 Å². The van der Waals surface area contributed by atoms with Gasteiger partial charge in [-0.2, -0.15) is 0 Å². The molecule has 0 aromatic heterocycles. The van der Waals surface area contributed by atoms with Crippen molar-refractivity contribution in [1.82, 2.24) is 0 Å².